The molecule has 0 aliphatic heterocycles. The number of amides is 2. The van der Waals surface area contributed by atoms with Gasteiger partial charge in [-0.1, -0.05) is 12.1 Å². The van der Waals surface area contributed by atoms with Crippen LogP contribution in [0.25, 0.3) is 10.6 Å². The van der Waals surface area contributed by atoms with Gasteiger partial charge in [0.05, 0.1) is 12.1 Å². The van der Waals surface area contributed by atoms with E-state index in [1.807, 2.05) is 48.0 Å². The molecule has 3 rings (SSSR count). The van der Waals surface area contributed by atoms with Crippen LogP contribution in [-0.2, 0) is 11.2 Å². The van der Waals surface area contributed by atoms with Crippen molar-refractivity contribution in [2.75, 3.05) is 19.4 Å². The lowest BCUT2D eigenvalue weighted by molar-refractivity contribution is -0.127. The Hall–Kier alpha value is -2.51. The third-order valence-corrected chi connectivity index (χ3v) is 5.73. The van der Waals surface area contributed by atoms with Gasteiger partial charge in [0.2, 0.25) is 5.91 Å². The number of thiazole rings is 1. The van der Waals surface area contributed by atoms with E-state index in [0.717, 1.165) is 21.8 Å². The normalized spacial score (nSPS) is 10.6. The van der Waals surface area contributed by atoms with Crippen molar-refractivity contribution in [3.63, 3.8) is 0 Å². The topological polar surface area (TPSA) is 62.3 Å². The molecule has 0 aliphatic carbocycles. The van der Waals surface area contributed by atoms with Crippen molar-refractivity contribution in [3.05, 3.63) is 57.2 Å². The van der Waals surface area contributed by atoms with Gasteiger partial charge in [-0.25, -0.2) is 4.98 Å². The highest BCUT2D eigenvalue weighted by Gasteiger charge is 2.16. The minimum absolute atomic E-state index is 0.0445. The zero-order valence-corrected chi connectivity index (χ0v) is 16.4. The van der Waals surface area contributed by atoms with Crippen molar-refractivity contribution < 1.29 is 9.59 Å². The highest BCUT2D eigenvalue weighted by Crippen LogP contribution is 2.29. The quantitative estimate of drug-likeness (QED) is 0.720. The fourth-order valence-electron chi connectivity index (χ4n) is 2.34. The molecule has 0 saturated heterocycles. The van der Waals surface area contributed by atoms with Gasteiger partial charge < -0.3 is 10.2 Å². The second kappa shape index (κ2) is 7.80. The Labute approximate surface area is 160 Å². The zero-order valence-electron chi connectivity index (χ0n) is 14.8. The highest BCUT2D eigenvalue weighted by atomic mass is 32.1. The van der Waals surface area contributed by atoms with Crippen LogP contribution >= 0.6 is 22.7 Å². The summed E-state index contributed by atoms with van der Waals surface area (Å²) in [7, 11) is 3.47. The van der Waals surface area contributed by atoms with Crippen molar-refractivity contribution in [1.82, 2.24) is 9.88 Å². The number of hydrogen-bond acceptors (Lipinski definition) is 5. The van der Waals surface area contributed by atoms with Crippen LogP contribution in [0.2, 0.25) is 0 Å². The Morgan fingerprint density at radius 2 is 1.88 bits per heavy atom. The average molecular weight is 386 g/mol. The number of benzene rings is 1. The van der Waals surface area contributed by atoms with Gasteiger partial charge in [0.1, 0.15) is 9.88 Å². The number of likely N-dealkylation sites (N-methyl/N-ethyl adjacent to an activating group) is 1. The molecule has 0 bridgehead atoms. The second-order valence-electron chi connectivity index (χ2n) is 6.06. The third-order valence-electron chi connectivity index (χ3n) is 3.84. The van der Waals surface area contributed by atoms with E-state index in [1.54, 1.807) is 30.3 Å². The lowest BCUT2D eigenvalue weighted by Crippen LogP contribution is -2.23. The SMILES string of the molecule is Cc1nc(-c2ccsc2)sc1C(=O)Nc1ccc(CC(=O)N(C)C)cc1. The molecule has 0 unspecified atom stereocenters. The van der Waals surface area contributed by atoms with Crippen LogP contribution in [0.4, 0.5) is 5.69 Å². The molecule has 26 heavy (non-hydrogen) atoms. The molecule has 0 saturated carbocycles. The maximum atomic E-state index is 12.6. The van der Waals surface area contributed by atoms with Crippen LogP contribution in [0.1, 0.15) is 20.9 Å². The number of hydrogen-bond donors (Lipinski definition) is 1. The molecule has 2 aromatic heterocycles. The first kappa shape index (κ1) is 18.3. The van der Waals surface area contributed by atoms with Crippen molar-refractivity contribution in [2.45, 2.75) is 13.3 Å². The van der Waals surface area contributed by atoms with Gasteiger partial charge in [-0.15, -0.1) is 11.3 Å². The monoisotopic (exact) mass is 385 g/mol. The molecule has 1 aromatic carbocycles. The van der Waals surface area contributed by atoms with Crippen LogP contribution < -0.4 is 5.32 Å². The Balaban J connectivity index is 1.69. The zero-order chi connectivity index (χ0) is 18.7. The van der Waals surface area contributed by atoms with E-state index in [-0.39, 0.29) is 11.8 Å². The van der Waals surface area contributed by atoms with Crippen molar-refractivity contribution in [1.29, 1.82) is 0 Å². The Morgan fingerprint density at radius 3 is 2.50 bits per heavy atom. The third kappa shape index (κ3) is 4.17. The molecule has 0 atom stereocenters. The molecule has 1 N–H and O–H groups in total. The molecule has 7 heteroatoms. The molecular weight excluding hydrogens is 366 g/mol. The van der Waals surface area contributed by atoms with Crippen LogP contribution in [-0.4, -0.2) is 35.8 Å². The molecule has 0 radical (unpaired) electrons. The van der Waals surface area contributed by atoms with Gasteiger partial charge in [-0.05, 0) is 36.1 Å². The van der Waals surface area contributed by atoms with Crippen molar-refractivity contribution in [3.8, 4) is 10.6 Å². The summed E-state index contributed by atoms with van der Waals surface area (Å²) in [5.74, 6) is -0.123. The van der Waals surface area contributed by atoms with Crippen LogP contribution in [0.3, 0.4) is 0 Å². The van der Waals surface area contributed by atoms with E-state index >= 15 is 0 Å². The highest BCUT2D eigenvalue weighted by molar-refractivity contribution is 7.17. The van der Waals surface area contributed by atoms with Crippen LogP contribution in [0.5, 0.6) is 0 Å². The largest absolute Gasteiger partial charge is 0.349 e. The van der Waals surface area contributed by atoms with Gasteiger partial charge in [-0.3, -0.25) is 9.59 Å². The average Bonchev–Trinajstić information content (AvgIpc) is 3.25. The maximum Gasteiger partial charge on any atom is 0.267 e. The summed E-state index contributed by atoms with van der Waals surface area (Å²) in [5, 5.41) is 7.77. The van der Waals surface area contributed by atoms with Gasteiger partial charge in [0.15, 0.2) is 0 Å². The number of aryl methyl sites for hydroxylation is 1. The first-order valence-corrected chi connectivity index (χ1v) is 9.80. The van der Waals surface area contributed by atoms with E-state index in [1.165, 1.54) is 11.3 Å². The number of rotatable bonds is 5. The number of aromatic nitrogens is 1. The van der Waals surface area contributed by atoms with Crippen LogP contribution in [0.15, 0.2) is 41.1 Å². The summed E-state index contributed by atoms with van der Waals surface area (Å²) in [6, 6.07) is 9.33. The summed E-state index contributed by atoms with van der Waals surface area (Å²) in [6.07, 6.45) is 0.346. The summed E-state index contributed by atoms with van der Waals surface area (Å²) in [6.45, 7) is 1.84. The smallest absolute Gasteiger partial charge is 0.267 e. The summed E-state index contributed by atoms with van der Waals surface area (Å²) in [4.78, 5) is 31.0. The number of anilines is 1. The lowest BCUT2D eigenvalue weighted by Gasteiger charge is -2.10. The molecule has 0 aliphatic rings. The van der Waals surface area contributed by atoms with E-state index in [0.29, 0.717) is 17.0 Å². The van der Waals surface area contributed by atoms with Crippen molar-refractivity contribution >= 4 is 40.2 Å². The molecule has 0 fully saturated rings. The van der Waals surface area contributed by atoms with Crippen LogP contribution in [0, 0.1) is 6.92 Å². The van der Waals surface area contributed by atoms with Gasteiger partial charge in [0, 0.05) is 30.7 Å². The summed E-state index contributed by atoms with van der Waals surface area (Å²) >= 11 is 3.00. The molecule has 3 aromatic rings. The molecule has 134 valence electrons. The molecule has 5 nitrogen and oxygen atoms in total. The number of nitrogens with one attached hydrogen (secondary N) is 1. The number of carbonyl (C=O) groups is 2. The number of carbonyl (C=O) groups excluding carboxylic acids is 2. The standard InChI is InChI=1S/C19H19N3O2S2/c1-12-17(26-19(20-12)14-8-9-25-11-14)18(24)21-15-6-4-13(5-7-15)10-16(23)22(2)3/h4-9,11H,10H2,1-3H3,(H,21,24). The fraction of sp³-hybridized carbons (Fsp3) is 0.211. The molecule has 2 heterocycles. The molecule has 2 amide bonds. The predicted octanol–water partition coefficient (Wildman–Crippen LogP) is 4.06. The van der Waals surface area contributed by atoms with Crippen molar-refractivity contribution in [2.24, 2.45) is 0 Å². The molecular formula is C19H19N3O2S2. The Morgan fingerprint density at radius 1 is 1.15 bits per heavy atom. The minimum atomic E-state index is -0.168. The molecule has 0 spiro atoms. The van der Waals surface area contributed by atoms with E-state index in [2.05, 4.69) is 10.3 Å². The number of nitrogens with zero attached hydrogens (tertiary/aromatic N) is 2. The first-order valence-electron chi connectivity index (χ1n) is 8.04. The summed E-state index contributed by atoms with van der Waals surface area (Å²) < 4.78 is 0. The first-order chi connectivity index (χ1) is 12.4. The summed E-state index contributed by atoms with van der Waals surface area (Å²) in [5.41, 5.74) is 3.37. The van der Waals surface area contributed by atoms with E-state index < -0.39 is 0 Å². The maximum absolute atomic E-state index is 12.6. The van der Waals surface area contributed by atoms with Gasteiger partial charge in [-0.2, -0.15) is 11.3 Å². The minimum Gasteiger partial charge on any atom is -0.349 e. The number of thiophene rings is 1. The lowest BCUT2D eigenvalue weighted by atomic mass is 10.1. The predicted molar refractivity (Wildman–Crippen MR) is 107 cm³/mol. The van der Waals surface area contributed by atoms with Gasteiger partial charge >= 0.3 is 0 Å². The Bertz CT molecular complexity index is 913. The van der Waals surface area contributed by atoms with E-state index in [9.17, 15) is 9.59 Å². The van der Waals surface area contributed by atoms with Gasteiger partial charge in [0.25, 0.3) is 5.91 Å². The fourth-order valence-corrected chi connectivity index (χ4v) is 4.02. The Kier molecular flexibility index (Phi) is 5.49. The van der Waals surface area contributed by atoms with E-state index in [4.69, 9.17) is 0 Å². The second-order valence-corrected chi connectivity index (χ2v) is 7.84.